The van der Waals surface area contributed by atoms with Crippen LogP contribution in [0.15, 0.2) is 68.9 Å². The molecule has 0 radical (unpaired) electrons. The molecule has 1 aliphatic heterocycles. The monoisotopic (exact) mass is 421 g/mol. The quantitative estimate of drug-likeness (QED) is 0.356. The SMILES string of the molecule is Cc1ccc(O)c(N=C2NC(=O)/C(=C\c3ccc(-c4cccc([N+](=O)[O-])c4)o3)S2)c1. The van der Waals surface area contributed by atoms with E-state index in [1.807, 2.05) is 6.92 Å². The van der Waals surface area contributed by atoms with Gasteiger partial charge < -0.3 is 14.8 Å². The highest BCUT2D eigenvalue weighted by Crippen LogP contribution is 2.33. The first-order chi connectivity index (χ1) is 14.4. The molecule has 1 saturated heterocycles. The molecule has 1 amide bonds. The average Bonchev–Trinajstić information content (AvgIpc) is 3.32. The van der Waals surface area contributed by atoms with E-state index < -0.39 is 4.92 Å². The van der Waals surface area contributed by atoms with Crippen molar-refractivity contribution in [2.75, 3.05) is 0 Å². The molecule has 1 fully saturated rings. The minimum absolute atomic E-state index is 0.0213. The van der Waals surface area contributed by atoms with Crippen LogP contribution in [0, 0.1) is 17.0 Å². The Morgan fingerprint density at radius 3 is 2.83 bits per heavy atom. The van der Waals surface area contributed by atoms with Crippen molar-refractivity contribution >= 4 is 40.3 Å². The standard InChI is InChI=1S/C21H15N3O5S/c1-12-5-7-17(25)16(9-12)22-21-23-20(26)19(30-21)11-15-6-8-18(29-15)13-3-2-4-14(10-13)24(27)28/h2-11,25H,1H3,(H,22,23,26)/b19-11+. The van der Waals surface area contributed by atoms with Gasteiger partial charge in [-0.1, -0.05) is 18.2 Å². The number of carbonyl (C=O) groups is 1. The number of nitro benzene ring substituents is 1. The maximum atomic E-state index is 12.3. The molecular weight excluding hydrogens is 406 g/mol. The summed E-state index contributed by atoms with van der Waals surface area (Å²) >= 11 is 1.12. The van der Waals surface area contributed by atoms with Crippen molar-refractivity contribution in [2.45, 2.75) is 6.92 Å². The number of thioether (sulfide) groups is 1. The number of non-ortho nitro benzene ring substituents is 1. The van der Waals surface area contributed by atoms with Crippen LogP contribution < -0.4 is 5.32 Å². The highest BCUT2D eigenvalue weighted by Gasteiger charge is 2.24. The summed E-state index contributed by atoms with van der Waals surface area (Å²) in [6.45, 7) is 1.88. The number of aliphatic imine (C=N–C) groups is 1. The molecule has 0 bridgehead atoms. The molecule has 8 nitrogen and oxygen atoms in total. The van der Waals surface area contributed by atoms with E-state index in [0.29, 0.717) is 32.8 Å². The van der Waals surface area contributed by atoms with E-state index in [2.05, 4.69) is 10.3 Å². The largest absolute Gasteiger partial charge is 0.506 e. The van der Waals surface area contributed by atoms with E-state index >= 15 is 0 Å². The van der Waals surface area contributed by atoms with Crippen LogP contribution >= 0.6 is 11.8 Å². The van der Waals surface area contributed by atoms with E-state index in [1.165, 1.54) is 12.1 Å². The van der Waals surface area contributed by atoms with Crippen molar-refractivity contribution < 1.29 is 19.2 Å². The van der Waals surface area contributed by atoms with Gasteiger partial charge in [0.05, 0.1) is 9.83 Å². The van der Waals surface area contributed by atoms with E-state index in [0.717, 1.165) is 17.3 Å². The van der Waals surface area contributed by atoms with Gasteiger partial charge in [-0.2, -0.15) is 0 Å². The number of furan rings is 1. The number of nitrogens with zero attached hydrogens (tertiary/aromatic N) is 2. The van der Waals surface area contributed by atoms with Gasteiger partial charge in [0, 0.05) is 23.8 Å². The summed E-state index contributed by atoms with van der Waals surface area (Å²) in [6.07, 6.45) is 1.57. The first-order valence-corrected chi connectivity index (χ1v) is 9.64. The lowest BCUT2D eigenvalue weighted by Gasteiger charge is -2.01. The van der Waals surface area contributed by atoms with Gasteiger partial charge in [-0.3, -0.25) is 14.9 Å². The van der Waals surface area contributed by atoms with Gasteiger partial charge in [0.25, 0.3) is 11.6 Å². The molecule has 0 unspecified atom stereocenters. The minimum atomic E-state index is -0.471. The lowest BCUT2D eigenvalue weighted by Crippen LogP contribution is -2.19. The minimum Gasteiger partial charge on any atom is -0.506 e. The Hall–Kier alpha value is -3.85. The van der Waals surface area contributed by atoms with Gasteiger partial charge in [0.15, 0.2) is 5.17 Å². The first kappa shape index (κ1) is 19.5. The van der Waals surface area contributed by atoms with E-state index in [4.69, 9.17) is 4.42 Å². The van der Waals surface area contributed by atoms with Crippen molar-refractivity contribution in [3.8, 4) is 17.1 Å². The molecule has 2 aromatic carbocycles. The molecule has 150 valence electrons. The van der Waals surface area contributed by atoms with Crippen LogP contribution in [0.3, 0.4) is 0 Å². The number of benzene rings is 2. The van der Waals surface area contributed by atoms with Gasteiger partial charge in [-0.05, 0) is 48.5 Å². The Balaban J connectivity index is 1.57. The van der Waals surface area contributed by atoms with E-state index in [-0.39, 0.29) is 17.3 Å². The number of phenols is 1. The molecule has 0 aliphatic carbocycles. The Kier molecular flexibility index (Phi) is 5.11. The Bertz CT molecular complexity index is 1230. The van der Waals surface area contributed by atoms with Crippen LogP contribution in [-0.2, 0) is 4.79 Å². The molecule has 1 aromatic heterocycles. The number of amidine groups is 1. The molecule has 3 aromatic rings. The molecular formula is C21H15N3O5S. The zero-order valence-corrected chi connectivity index (χ0v) is 16.5. The molecule has 4 rings (SSSR count). The average molecular weight is 421 g/mol. The third-order valence-corrected chi connectivity index (χ3v) is 5.16. The fourth-order valence-corrected chi connectivity index (χ4v) is 3.62. The van der Waals surface area contributed by atoms with E-state index in [1.54, 1.807) is 48.5 Å². The number of amides is 1. The molecule has 0 spiro atoms. The van der Waals surface area contributed by atoms with Crippen LogP contribution in [0.1, 0.15) is 11.3 Å². The number of nitro groups is 1. The molecule has 2 N–H and O–H groups in total. The number of rotatable bonds is 4. The van der Waals surface area contributed by atoms with Crippen molar-refractivity contribution in [1.82, 2.24) is 5.32 Å². The maximum Gasteiger partial charge on any atom is 0.270 e. The van der Waals surface area contributed by atoms with Gasteiger partial charge in [0.2, 0.25) is 0 Å². The molecule has 9 heteroatoms. The second-order valence-electron chi connectivity index (χ2n) is 6.48. The third-order valence-electron chi connectivity index (χ3n) is 4.25. The lowest BCUT2D eigenvalue weighted by molar-refractivity contribution is -0.384. The van der Waals surface area contributed by atoms with Crippen molar-refractivity contribution in [3.63, 3.8) is 0 Å². The van der Waals surface area contributed by atoms with Crippen LogP contribution in [-0.4, -0.2) is 21.1 Å². The van der Waals surface area contributed by atoms with Crippen LogP contribution in [0.5, 0.6) is 5.75 Å². The van der Waals surface area contributed by atoms with Crippen molar-refractivity contribution in [1.29, 1.82) is 0 Å². The first-order valence-electron chi connectivity index (χ1n) is 8.83. The topological polar surface area (TPSA) is 118 Å². The predicted octanol–water partition coefficient (Wildman–Crippen LogP) is 4.76. The molecule has 30 heavy (non-hydrogen) atoms. The van der Waals surface area contributed by atoms with Gasteiger partial charge in [-0.15, -0.1) is 0 Å². The van der Waals surface area contributed by atoms with Gasteiger partial charge >= 0.3 is 0 Å². The highest BCUT2D eigenvalue weighted by molar-refractivity contribution is 8.18. The summed E-state index contributed by atoms with van der Waals surface area (Å²) in [4.78, 5) is 27.4. The molecule has 0 saturated carbocycles. The molecule has 2 heterocycles. The second kappa shape index (κ2) is 7.88. The Morgan fingerprint density at radius 1 is 1.20 bits per heavy atom. The number of carbonyl (C=O) groups excluding carboxylic acids is 1. The molecule has 1 aliphatic rings. The fourth-order valence-electron chi connectivity index (χ4n) is 2.80. The normalized spacial score (nSPS) is 16.2. The van der Waals surface area contributed by atoms with Crippen LogP contribution in [0.4, 0.5) is 11.4 Å². The Morgan fingerprint density at radius 2 is 2.03 bits per heavy atom. The zero-order chi connectivity index (χ0) is 21.3. The van der Waals surface area contributed by atoms with Crippen LogP contribution in [0.2, 0.25) is 0 Å². The summed E-state index contributed by atoms with van der Waals surface area (Å²) < 4.78 is 5.73. The summed E-state index contributed by atoms with van der Waals surface area (Å²) in [6, 6.07) is 14.5. The van der Waals surface area contributed by atoms with Crippen molar-refractivity contribution in [3.05, 3.63) is 80.9 Å². The number of nitrogens with one attached hydrogen (secondary N) is 1. The third kappa shape index (κ3) is 4.11. The smallest absolute Gasteiger partial charge is 0.270 e. The number of phenolic OH excluding ortho intramolecular Hbond substituents is 1. The number of aromatic hydroxyl groups is 1. The van der Waals surface area contributed by atoms with Crippen LogP contribution in [0.25, 0.3) is 17.4 Å². The Labute approximate surface area is 175 Å². The highest BCUT2D eigenvalue weighted by atomic mass is 32.2. The summed E-state index contributed by atoms with van der Waals surface area (Å²) in [5, 5.41) is 23.9. The maximum absolute atomic E-state index is 12.3. The summed E-state index contributed by atoms with van der Waals surface area (Å²) in [7, 11) is 0. The summed E-state index contributed by atoms with van der Waals surface area (Å²) in [5.41, 5.74) is 1.83. The number of hydrogen-bond acceptors (Lipinski definition) is 7. The van der Waals surface area contributed by atoms with Gasteiger partial charge in [-0.25, -0.2) is 4.99 Å². The summed E-state index contributed by atoms with van der Waals surface area (Å²) in [5.74, 6) is 0.563. The predicted molar refractivity (Wildman–Crippen MR) is 114 cm³/mol. The number of aryl methyl sites for hydroxylation is 1. The number of hydrogen-bond donors (Lipinski definition) is 2. The fraction of sp³-hybridized carbons (Fsp3) is 0.0476. The second-order valence-corrected chi connectivity index (χ2v) is 7.51. The van der Waals surface area contributed by atoms with E-state index in [9.17, 15) is 20.0 Å². The molecule has 0 atom stereocenters. The van der Waals surface area contributed by atoms with Crippen molar-refractivity contribution in [2.24, 2.45) is 4.99 Å². The lowest BCUT2D eigenvalue weighted by atomic mass is 10.1. The van der Waals surface area contributed by atoms with Gasteiger partial charge in [0.1, 0.15) is 23.0 Å². The zero-order valence-electron chi connectivity index (χ0n) is 15.7.